The van der Waals surface area contributed by atoms with E-state index >= 15 is 0 Å². The number of H-pyrrole nitrogens is 1. The second-order valence-electron chi connectivity index (χ2n) is 4.63. The number of amides is 1. The van der Waals surface area contributed by atoms with Gasteiger partial charge in [-0.05, 0) is 30.9 Å². The first-order valence-corrected chi connectivity index (χ1v) is 6.23. The molecule has 17 heavy (non-hydrogen) atoms. The van der Waals surface area contributed by atoms with Crippen LogP contribution in [0.3, 0.4) is 0 Å². The largest absolute Gasteiger partial charge is 0.352 e. The van der Waals surface area contributed by atoms with Crippen molar-refractivity contribution in [1.29, 1.82) is 0 Å². The van der Waals surface area contributed by atoms with Crippen LogP contribution < -0.4 is 10.9 Å². The van der Waals surface area contributed by atoms with Crippen LogP contribution in [0.15, 0.2) is 23.1 Å². The molecule has 1 amide bonds. The highest BCUT2D eigenvalue weighted by Gasteiger charge is 2.15. The maximum absolute atomic E-state index is 11.8. The molecule has 2 rings (SSSR count). The third kappa shape index (κ3) is 3.19. The highest BCUT2D eigenvalue weighted by atomic mass is 16.2. The average Bonchev–Trinajstić information content (AvgIpc) is 2.38. The smallest absolute Gasteiger partial charge is 0.260 e. The number of rotatable bonds is 3. The molecule has 0 radical (unpaired) electrons. The lowest BCUT2D eigenvalue weighted by atomic mass is 9.89. The summed E-state index contributed by atoms with van der Waals surface area (Å²) in [6.07, 6.45) is 7.72. The van der Waals surface area contributed by atoms with E-state index in [9.17, 15) is 9.59 Å². The Kier molecular flexibility index (Phi) is 3.96. The molecule has 0 unspecified atom stereocenters. The molecular weight excluding hydrogens is 216 g/mol. The molecule has 1 aromatic rings. The predicted octanol–water partition coefficient (Wildman–Crippen LogP) is 1.68. The van der Waals surface area contributed by atoms with E-state index in [1.54, 1.807) is 12.1 Å². The van der Waals surface area contributed by atoms with Crippen molar-refractivity contribution in [2.45, 2.75) is 32.1 Å². The zero-order valence-electron chi connectivity index (χ0n) is 9.87. The molecule has 1 saturated carbocycles. The summed E-state index contributed by atoms with van der Waals surface area (Å²) in [5.74, 6) is 0.313. The van der Waals surface area contributed by atoms with Gasteiger partial charge >= 0.3 is 0 Å². The SMILES string of the molecule is O=C(NCC1CCCCC1)c1ccc[nH]c1=O. The number of carbonyl (C=O) groups is 1. The fourth-order valence-electron chi connectivity index (χ4n) is 2.32. The number of hydrogen-bond acceptors (Lipinski definition) is 2. The van der Waals surface area contributed by atoms with Gasteiger partial charge in [-0.15, -0.1) is 0 Å². The molecule has 1 aliphatic carbocycles. The van der Waals surface area contributed by atoms with E-state index in [1.807, 2.05) is 0 Å². The van der Waals surface area contributed by atoms with E-state index in [2.05, 4.69) is 10.3 Å². The third-order valence-electron chi connectivity index (χ3n) is 3.34. The fraction of sp³-hybridized carbons (Fsp3) is 0.538. The Morgan fingerprint density at radius 2 is 2.12 bits per heavy atom. The molecule has 0 atom stereocenters. The first kappa shape index (κ1) is 11.9. The van der Waals surface area contributed by atoms with E-state index in [0.717, 1.165) is 0 Å². The van der Waals surface area contributed by atoms with Crippen LogP contribution in [0.5, 0.6) is 0 Å². The fourth-order valence-corrected chi connectivity index (χ4v) is 2.32. The van der Waals surface area contributed by atoms with Crippen LogP contribution in [-0.2, 0) is 0 Å². The number of nitrogens with one attached hydrogen (secondary N) is 2. The molecule has 0 saturated heterocycles. The summed E-state index contributed by atoms with van der Waals surface area (Å²) in [6, 6.07) is 3.21. The molecule has 2 N–H and O–H groups in total. The van der Waals surface area contributed by atoms with Gasteiger partial charge in [-0.2, -0.15) is 0 Å². The average molecular weight is 234 g/mol. The van der Waals surface area contributed by atoms with E-state index in [4.69, 9.17) is 0 Å². The highest BCUT2D eigenvalue weighted by Crippen LogP contribution is 2.22. The quantitative estimate of drug-likeness (QED) is 0.836. The lowest BCUT2D eigenvalue weighted by Crippen LogP contribution is -2.33. The van der Waals surface area contributed by atoms with E-state index in [1.165, 1.54) is 38.3 Å². The van der Waals surface area contributed by atoms with Crippen molar-refractivity contribution in [3.8, 4) is 0 Å². The summed E-state index contributed by atoms with van der Waals surface area (Å²) in [6.45, 7) is 0.688. The van der Waals surface area contributed by atoms with E-state index < -0.39 is 0 Å². The van der Waals surface area contributed by atoms with Gasteiger partial charge in [0.2, 0.25) is 0 Å². The number of aromatic amines is 1. The summed E-state index contributed by atoms with van der Waals surface area (Å²) in [5.41, 5.74) is -0.128. The van der Waals surface area contributed by atoms with Gasteiger partial charge in [0, 0.05) is 12.7 Å². The predicted molar refractivity (Wildman–Crippen MR) is 66.0 cm³/mol. The molecule has 4 nitrogen and oxygen atoms in total. The van der Waals surface area contributed by atoms with Gasteiger partial charge in [-0.1, -0.05) is 19.3 Å². The van der Waals surface area contributed by atoms with Crippen LogP contribution in [0.1, 0.15) is 42.5 Å². The molecule has 4 heteroatoms. The van der Waals surface area contributed by atoms with Crippen molar-refractivity contribution in [1.82, 2.24) is 10.3 Å². The van der Waals surface area contributed by atoms with Crippen molar-refractivity contribution in [2.24, 2.45) is 5.92 Å². The number of pyridine rings is 1. The second-order valence-corrected chi connectivity index (χ2v) is 4.63. The standard InChI is InChI=1S/C13H18N2O2/c16-12-11(7-4-8-14-12)13(17)15-9-10-5-2-1-3-6-10/h4,7-8,10H,1-3,5-6,9H2,(H,14,16)(H,15,17). The molecule has 0 bridgehead atoms. The summed E-state index contributed by atoms with van der Waals surface area (Å²) >= 11 is 0. The number of hydrogen-bond donors (Lipinski definition) is 2. The molecular formula is C13H18N2O2. The van der Waals surface area contributed by atoms with E-state index in [-0.39, 0.29) is 17.0 Å². The summed E-state index contributed by atoms with van der Waals surface area (Å²) in [7, 11) is 0. The minimum atomic E-state index is -0.325. The summed E-state index contributed by atoms with van der Waals surface area (Å²) in [4.78, 5) is 25.7. The third-order valence-corrected chi connectivity index (χ3v) is 3.34. The molecule has 0 aliphatic heterocycles. The summed E-state index contributed by atoms with van der Waals surface area (Å²) < 4.78 is 0. The normalized spacial score (nSPS) is 16.7. The van der Waals surface area contributed by atoms with Gasteiger partial charge in [-0.3, -0.25) is 9.59 Å². The molecule has 1 aliphatic rings. The monoisotopic (exact) mass is 234 g/mol. The minimum absolute atomic E-state index is 0.198. The Morgan fingerprint density at radius 1 is 1.35 bits per heavy atom. The maximum atomic E-state index is 11.8. The van der Waals surface area contributed by atoms with E-state index in [0.29, 0.717) is 12.5 Å². The highest BCUT2D eigenvalue weighted by molar-refractivity contribution is 5.93. The zero-order chi connectivity index (χ0) is 12.1. The Hall–Kier alpha value is -1.58. The molecule has 1 fully saturated rings. The number of aromatic nitrogens is 1. The Balaban J connectivity index is 1.89. The molecule has 92 valence electrons. The number of carbonyl (C=O) groups excluding carboxylic acids is 1. The van der Waals surface area contributed by atoms with Crippen molar-refractivity contribution >= 4 is 5.91 Å². The van der Waals surface area contributed by atoms with Gasteiger partial charge < -0.3 is 10.3 Å². The van der Waals surface area contributed by atoms with Crippen molar-refractivity contribution in [3.63, 3.8) is 0 Å². The van der Waals surface area contributed by atoms with Gasteiger partial charge in [-0.25, -0.2) is 0 Å². The molecule has 0 aromatic carbocycles. The van der Waals surface area contributed by atoms with Gasteiger partial charge in [0.05, 0.1) is 0 Å². The topological polar surface area (TPSA) is 62.0 Å². The van der Waals surface area contributed by atoms with Crippen molar-refractivity contribution in [3.05, 3.63) is 34.2 Å². The zero-order valence-corrected chi connectivity index (χ0v) is 9.87. The first-order chi connectivity index (χ1) is 8.27. The molecule has 0 spiro atoms. The summed E-state index contributed by atoms with van der Waals surface area (Å²) in [5, 5.41) is 2.85. The first-order valence-electron chi connectivity index (χ1n) is 6.23. The van der Waals surface area contributed by atoms with Gasteiger partial charge in [0.25, 0.3) is 11.5 Å². The molecule has 1 heterocycles. The molecule has 1 aromatic heterocycles. The maximum Gasteiger partial charge on any atom is 0.260 e. The van der Waals surface area contributed by atoms with Crippen LogP contribution >= 0.6 is 0 Å². The van der Waals surface area contributed by atoms with Crippen molar-refractivity contribution in [2.75, 3.05) is 6.54 Å². The van der Waals surface area contributed by atoms with Crippen LogP contribution in [0.2, 0.25) is 0 Å². The van der Waals surface area contributed by atoms with Crippen LogP contribution in [0, 0.1) is 5.92 Å². The second kappa shape index (κ2) is 5.66. The Bertz CT molecular complexity index is 433. The van der Waals surface area contributed by atoms with Crippen LogP contribution in [0.25, 0.3) is 0 Å². The van der Waals surface area contributed by atoms with Gasteiger partial charge in [0.1, 0.15) is 5.56 Å². The Morgan fingerprint density at radius 3 is 2.82 bits per heavy atom. The van der Waals surface area contributed by atoms with Crippen molar-refractivity contribution < 1.29 is 4.79 Å². The van der Waals surface area contributed by atoms with Crippen LogP contribution in [-0.4, -0.2) is 17.4 Å². The van der Waals surface area contributed by atoms with Gasteiger partial charge in [0.15, 0.2) is 0 Å². The Labute approximate surface area is 100 Å². The van der Waals surface area contributed by atoms with Crippen LogP contribution in [0.4, 0.5) is 0 Å². The minimum Gasteiger partial charge on any atom is -0.352 e. The lowest BCUT2D eigenvalue weighted by Gasteiger charge is -2.21. The lowest BCUT2D eigenvalue weighted by molar-refractivity contribution is 0.0942.